The van der Waals surface area contributed by atoms with E-state index in [4.69, 9.17) is 0 Å². The molecule has 0 amide bonds. The maximum Gasteiger partial charge on any atom is 0.0204 e. The standard InChI is InChI=1S/C11H10/c1-2-6-10-8-4-5-9-11(10)7-3-1/h1-10H/t10-/m1/s1. The predicted octanol–water partition coefficient (Wildman–Crippen LogP) is 2.78. The summed E-state index contributed by atoms with van der Waals surface area (Å²) in [6, 6.07) is 0. The molecule has 0 spiro atoms. The molecule has 0 nitrogen and oxygen atoms in total. The lowest BCUT2D eigenvalue weighted by molar-refractivity contribution is 0.998. The van der Waals surface area contributed by atoms with E-state index in [1.54, 1.807) is 0 Å². The Balaban J connectivity index is 2.39. The summed E-state index contributed by atoms with van der Waals surface area (Å²) in [5, 5.41) is 0. The highest BCUT2D eigenvalue weighted by Gasteiger charge is 2.06. The Hall–Kier alpha value is -1.30. The van der Waals surface area contributed by atoms with Crippen LogP contribution in [0.15, 0.2) is 60.3 Å². The fourth-order valence-corrected chi connectivity index (χ4v) is 1.33. The molecule has 0 aliphatic heterocycles. The van der Waals surface area contributed by atoms with E-state index in [0.29, 0.717) is 5.92 Å². The highest BCUT2D eigenvalue weighted by atomic mass is 14.1. The molecule has 2 rings (SSSR count). The second-order valence-electron chi connectivity index (χ2n) is 2.71. The fourth-order valence-electron chi connectivity index (χ4n) is 1.33. The minimum atomic E-state index is 0.495. The first kappa shape index (κ1) is 6.41. The third kappa shape index (κ3) is 1.25. The van der Waals surface area contributed by atoms with Crippen LogP contribution in [0.3, 0.4) is 0 Å². The van der Waals surface area contributed by atoms with Gasteiger partial charge in [0.1, 0.15) is 0 Å². The molecule has 0 saturated carbocycles. The fraction of sp³-hybridized carbons (Fsp3) is 0.0909. The molecule has 11 heavy (non-hydrogen) atoms. The van der Waals surface area contributed by atoms with Gasteiger partial charge in [0.2, 0.25) is 0 Å². The first-order chi connectivity index (χ1) is 5.47. The molecule has 2 aliphatic rings. The SMILES string of the molecule is C1=CC=C2C=CC=C[C@H]2C=C1. The molecule has 54 valence electrons. The lowest BCUT2D eigenvalue weighted by Gasteiger charge is -2.10. The molecule has 0 aromatic heterocycles. The van der Waals surface area contributed by atoms with E-state index in [1.807, 2.05) is 0 Å². The first-order valence-corrected chi connectivity index (χ1v) is 3.87. The van der Waals surface area contributed by atoms with Crippen molar-refractivity contribution in [2.75, 3.05) is 0 Å². The molecule has 0 heterocycles. The van der Waals surface area contributed by atoms with Gasteiger partial charge in [-0.1, -0.05) is 54.7 Å². The zero-order valence-electron chi connectivity index (χ0n) is 6.27. The summed E-state index contributed by atoms with van der Waals surface area (Å²) in [6.45, 7) is 0. The van der Waals surface area contributed by atoms with E-state index < -0.39 is 0 Å². The van der Waals surface area contributed by atoms with Crippen molar-refractivity contribution in [2.45, 2.75) is 0 Å². The van der Waals surface area contributed by atoms with E-state index in [9.17, 15) is 0 Å². The van der Waals surface area contributed by atoms with Crippen LogP contribution in [-0.4, -0.2) is 0 Å². The van der Waals surface area contributed by atoms with Crippen LogP contribution in [0, 0.1) is 5.92 Å². The smallest absolute Gasteiger partial charge is 0.0204 e. The largest absolute Gasteiger partial charge is 0.0732 e. The first-order valence-electron chi connectivity index (χ1n) is 3.87. The van der Waals surface area contributed by atoms with Crippen LogP contribution in [-0.2, 0) is 0 Å². The van der Waals surface area contributed by atoms with Gasteiger partial charge in [0.25, 0.3) is 0 Å². The number of rotatable bonds is 0. The van der Waals surface area contributed by atoms with Crippen LogP contribution in [0.5, 0.6) is 0 Å². The second kappa shape index (κ2) is 2.75. The van der Waals surface area contributed by atoms with E-state index in [1.165, 1.54) is 5.57 Å². The third-order valence-corrected chi connectivity index (χ3v) is 1.93. The van der Waals surface area contributed by atoms with E-state index in [2.05, 4.69) is 54.7 Å². The molecule has 0 unspecified atom stereocenters. The minimum Gasteiger partial charge on any atom is -0.0732 e. The molecular weight excluding hydrogens is 132 g/mol. The highest BCUT2D eigenvalue weighted by molar-refractivity contribution is 5.40. The van der Waals surface area contributed by atoms with Gasteiger partial charge in [0, 0.05) is 5.92 Å². The van der Waals surface area contributed by atoms with Gasteiger partial charge in [0.15, 0.2) is 0 Å². The summed E-state index contributed by atoms with van der Waals surface area (Å²) >= 11 is 0. The Labute approximate surface area is 66.9 Å². The molecule has 1 atom stereocenters. The predicted molar refractivity (Wildman–Crippen MR) is 48.1 cm³/mol. The van der Waals surface area contributed by atoms with Crippen LogP contribution in [0.25, 0.3) is 0 Å². The van der Waals surface area contributed by atoms with Gasteiger partial charge in [-0.05, 0) is 5.57 Å². The van der Waals surface area contributed by atoms with Crippen LogP contribution >= 0.6 is 0 Å². The van der Waals surface area contributed by atoms with Crippen molar-refractivity contribution in [3.8, 4) is 0 Å². The van der Waals surface area contributed by atoms with Gasteiger partial charge in [-0.3, -0.25) is 0 Å². The van der Waals surface area contributed by atoms with Gasteiger partial charge in [0.05, 0.1) is 0 Å². The van der Waals surface area contributed by atoms with Crippen molar-refractivity contribution in [2.24, 2.45) is 5.92 Å². The number of hydrogen-bond acceptors (Lipinski definition) is 0. The van der Waals surface area contributed by atoms with Crippen molar-refractivity contribution in [3.63, 3.8) is 0 Å². The quantitative estimate of drug-likeness (QED) is 0.488. The third-order valence-electron chi connectivity index (χ3n) is 1.93. The Morgan fingerprint density at radius 1 is 0.818 bits per heavy atom. The summed E-state index contributed by atoms with van der Waals surface area (Å²) < 4.78 is 0. The van der Waals surface area contributed by atoms with Crippen molar-refractivity contribution < 1.29 is 0 Å². The molecular formula is C11H10. The molecule has 0 saturated heterocycles. The Morgan fingerprint density at radius 3 is 2.55 bits per heavy atom. The summed E-state index contributed by atoms with van der Waals surface area (Å²) in [5.41, 5.74) is 1.37. The Morgan fingerprint density at radius 2 is 1.64 bits per heavy atom. The van der Waals surface area contributed by atoms with Gasteiger partial charge < -0.3 is 0 Å². The topological polar surface area (TPSA) is 0 Å². The lowest BCUT2D eigenvalue weighted by atomic mass is 9.95. The van der Waals surface area contributed by atoms with Crippen LogP contribution in [0.2, 0.25) is 0 Å². The summed E-state index contributed by atoms with van der Waals surface area (Å²) in [7, 11) is 0. The average molecular weight is 142 g/mol. The lowest BCUT2D eigenvalue weighted by Crippen LogP contribution is -1.96. The molecule has 0 aromatic carbocycles. The zero-order valence-corrected chi connectivity index (χ0v) is 6.27. The maximum absolute atomic E-state index is 2.20. The molecule has 0 radical (unpaired) electrons. The van der Waals surface area contributed by atoms with Crippen molar-refractivity contribution >= 4 is 0 Å². The molecule has 0 heteroatoms. The summed E-state index contributed by atoms with van der Waals surface area (Å²) in [5.74, 6) is 0.495. The van der Waals surface area contributed by atoms with Gasteiger partial charge in [-0.2, -0.15) is 0 Å². The molecule has 0 aromatic rings. The number of fused-ring (bicyclic) bond motifs is 1. The van der Waals surface area contributed by atoms with Gasteiger partial charge in [-0.25, -0.2) is 0 Å². The Kier molecular flexibility index (Phi) is 1.60. The monoisotopic (exact) mass is 142 g/mol. The van der Waals surface area contributed by atoms with Crippen LogP contribution in [0.1, 0.15) is 0 Å². The Bertz CT molecular complexity index is 285. The number of hydrogen-bond donors (Lipinski definition) is 0. The minimum absolute atomic E-state index is 0.495. The second-order valence-corrected chi connectivity index (χ2v) is 2.71. The molecule has 0 N–H and O–H groups in total. The van der Waals surface area contributed by atoms with E-state index in [0.717, 1.165) is 0 Å². The molecule has 2 aliphatic carbocycles. The van der Waals surface area contributed by atoms with E-state index >= 15 is 0 Å². The van der Waals surface area contributed by atoms with Gasteiger partial charge >= 0.3 is 0 Å². The van der Waals surface area contributed by atoms with Crippen LogP contribution in [0.4, 0.5) is 0 Å². The number of allylic oxidation sites excluding steroid dienone is 10. The summed E-state index contributed by atoms with van der Waals surface area (Å²) in [4.78, 5) is 0. The molecule has 0 bridgehead atoms. The normalized spacial score (nSPS) is 26.2. The van der Waals surface area contributed by atoms with Crippen molar-refractivity contribution in [1.82, 2.24) is 0 Å². The maximum atomic E-state index is 2.20. The van der Waals surface area contributed by atoms with Gasteiger partial charge in [-0.15, -0.1) is 0 Å². The van der Waals surface area contributed by atoms with Crippen LogP contribution < -0.4 is 0 Å². The van der Waals surface area contributed by atoms with Crippen molar-refractivity contribution in [3.05, 3.63) is 60.3 Å². The van der Waals surface area contributed by atoms with Crippen molar-refractivity contribution in [1.29, 1.82) is 0 Å². The van der Waals surface area contributed by atoms with E-state index in [-0.39, 0.29) is 0 Å². The zero-order chi connectivity index (χ0) is 7.52. The summed E-state index contributed by atoms with van der Waals surface area (Å²) in [6.07, 6.45) is 19.1. The highest BCUT2D eigenvalue weighted by Crippen LogP contribution is 2.21. The average Bonchev–Trinajstić information content (AvgIpc) is 2.28. The molecule has 0 fully saturated rings.